The molecule has 0 radical (unpaired) electrons. The maximum Gasteiger partial charge on any atom is 0.259 e. The highest BCUT2D eigenvalue weighted by Gasteiger charge is 2.10. The zero-order valence-electron chi connectivity index (χ0n) is 14.7. The van der Waals surface area contributed by atoms with Crippen molar-refractivity contribution in [2.24, 2.45) is 5.73 Å². The summed E-state index contributed by atoms with van der Waals surface area (Å²) >= 11 is 0. The first-order valence-corrected chi connectivity index (χ1v) is 8.21. The maximum absolute atomic E-state index is 11.8. The number of nitrogens with zero attached hydrogens (tertiary/aromatic N) is 1. The summed E-state index contributed by atoms with van der Waals surface area (Å²) in [5, 5.41) is 2.07. The minimum atomic E-state index is -0.458. The molecule has 3 aromatic carbocycles. The van der Waals surface area contributed by atoms with Crippen LogP contribution in [0.3, 0.4) is 0 Å². The largest absolute Gasteiger partial charge is 0.484 e. The first-order chi connectivity index (χ1) is 12.5. The molecule has 0 aliphatic heterocycles. The number of amides is 2. The van der Waals surface area contributed by atoms with E-state index >= 15 is 0 Å². The van der Waals surface area contributed by atoms with E-state index < -0.39 is 5.91 Å². The molecule has 0 bridgehead atoms. The van der Waals surface area contributed by atoms with Crippen molar-refractivity contribution in [1.29, 1.82) is 0 Å². The molecule has 132 valence electrons. The molecule has 0 heterocycles. The SMILES string of the molecule is CN(C)C(=O)COc1cc(-c2ccc(C(N)=O)cc2)c2ccccc2c1. The van der Waals surface area contributed by atoms with Crippen LogP contribution < -0.4 is 10.5 Å². The zero-order valence-corrected chi connectivity index (χ0v) is 14.7. The topological polar surface area (TPSA) is 72.6 Å². The normalized spacial score (nSPS) is 10.5. The van der Waals surface area contributed by atoms with Crippen molar-refractivity contribution in [3.05, 3.63) is 66.2 Å². The van der Waals surface area contributed by atoms with Gasteiger partial charge in [0.25, 0.3) is 5.91 Å². The summed E-state index contributed by atoms with van der Waals surface area (Å²) in [6, 6.07) is 18.9. The first kappa shape index (κ1) is 17.5. The average molecular weight is 348 g/mol. The van der Waals surface area contributed by atoms with Crippen molar-refractivity contribution in [2.75, 3.05) is 20.7 Å². The Bertz CT molecular complexity index is 963. The van der Waals surface area contributed by atoms with Gasteiger partial charge in [0.05, 0.1) is 0 Å². The van der Waals surface area contributed by atoms with E-state index in [1.807, 2.05) is 48.5 Å². The Kier molecular flexibility index (Phi) is 4.89. The molecule has 0 aliphatic rings. The second kappa shape index (κ2) is 7.27. The van der Waals surface area contributed by atoms with Gasteiger partial charge >= 0.3 is 0 Å². The molecule has 0 aromatic heterocycles. The first-order valence-electron chi connectivity index (χ1n) is 8.21. The van der Waals surface area contributed by atoms with E-state index in [0.29, 0.717) is 11.3 Å². The zero-order chi connectivity index (χ0) is 18.7. The second-order valence-electron chi connectivity index (χ2n) is 6.21. The van der Waals surface area contributed by atoms with Gasteiger partial charge in [-0.3, -0.25) is 9.59 Å². The minimum Gasteiger partial charge on any atom is -0.484 e. The summed E-state index contributed by atoms with van der Waals surface area (Å²) in [6.07, 6.45) is 0. The molecule has 0 aliphatic carbocycles. The molecule has 0 saturated heterocycles. The van der Waals surface area contributed by atoms with Gasteiger partial charge in [-0.05, 0) is 46.2 Å². The number of benzene rings is 3. The van der Waals surface area contributed by atoms with Crippen LogP contribution in [0.25, 0.3) is 21.9 Å². The number of ether oxygens (including phenoxy) is 1. The smallest absolute Gasteiger partial charge is 0.259 e. The van der Waals surface area contributed by atoms with E-state index in [-0.39, 0.29) is 12.5 Å². The molecule has 0 saturated carbocycles. The second-order valence-corrected chi connectivity index (χ2v) is 6.21. The van der Waals surface area contributed by atoms with E-state index in [1.54, 1.807) is 26.2 Å². The van der Waals surface area contributed by atoms with Crippen LogP contribution in [0.2, 0.25) is 0 Å². The number of carbonyl (C=O) groups excluding carboxylic acids is 2. The fraction of sp³-hybridized carbons (Fsp3) is 0.143. The van der Waals surface area contributed by atoms with Crippen LogP contribution in [0.15, 0.2) is 60.7 Å². The summed E-state index contributed by atoms with van der Waals surface area (Å²) < 4.78 is 5.70. The summed E-state index contributed by atoms with van der Waals surface area (Å²) in [7, 11) is 3.38. The van der Waals surface area contributed by atoms with Crippen LogP contribution in [-0.4, -0.2) is 37.4 Å². The predicted octanol–water partition coefficient (Wildman–Crippen LogP) is 3.07. The van der Waals surface area contributed by atoms with Gasteiger partial charge in [-0.2, -0.15) is 0 Å². The molecule has 0 fully saturated rings. The monoisotopic (exact) mass is 348 g/mol. The quantitative estimate of drug-likeness (QED) is 0.770. The van der Waals surface area contributed by atoms with Crippen LogP contribution in [0.4, 0.5) is 0 Å². The Labute approximate surface area is 152 Å². The number of fused-ring (bicyclic) bond motifs is 1. The molecule has 5 heteroatoms. The Balaban J connectivity index is 2.02. The fourth-order valence-corrected chi connectivity index (χ4v) is 2.69. The molecule has 2 N–H and O–H groups in total. The van der Waals surface area contributed by atoms with Crippen LogP contribution in [0.1, 0.15) is 10.4 Å². The van der Waals surface area contributed by atoms with Crippen molar-refractivity contribution in [1.82, 2.24) is 4.90 Å². The van der Waals surface area contributed by atoms with Gasteiger partial charge in [0, 0.05) is 19.7 Å². The van der Waals surface area contributed by atoms with E-state index in [2.05, 4.69) is 0 Å². The number of nitrogens with two attached hydrogens (primary N) is 1. The third-order valence-corrected chi connectivity index (χ3v) is 4.18. The third-order valence-electron chi connectivity index (χ3n) is 4.18. The Morgan fingerprint density at radius 3 is 2.35 bits per heavy atom. The van der Waals surface area contributed by atoms with E-state index in [1.165, 1.54) is 4.90 Å². The van der Waals surface area contributed by atoms with Crippen LogP contribution in [0.5, 0.6) is 5.75 Å². The van der Waals surface area contributed by atoms with Crippen molar-refractivity contribution in [3.63, 3.8) is 0 Å². The van der Waals surface area contributed by atoms with Crippen molar-refractivity contribution >= 4 is 22.6 Å². The highest BCUT2D eigenvalue weighted by Crippen LogP contribution is 2.33. The molecule has 2 amide bonds. The predicted molar refractivity (Wildman–Crippen MR) is 102 cm³/mol. The summed E-state index contributed by atoms with van der Waals surface area (Å²) in [5.41, 5.74) is 7.68. The minimum absolute atomic E-state index is 0.0224. The third kappa shape index (κ3) is 3.67. The lowest BCUT2D eigenvalue weighted by Crippen LogP contribution is -2.27. The van der Waals surface area contributed by atoms with Gasteiger partial charge in [-0.15, -0.1) is 0 Å². The Hall–Kier alpha value is -3.34. The molecular formula is C21H20N2O3. The molecule has 0 atom stereocenters. The van der Waals surface area contributed by atoms with Gasteiger partial charge in [0.15, 0.2) is 6.61 Å². The fourth-order valence-electron chi connectivity index (χ4n) is 2.69. The van der Waals surface area contributed by atoms with E-state index in [4.69, 9.17) is 10.5 Å². The highest BCUT2D eigenvalue weighted by atomic mass is 16.5. The molecule has 5 nitrogen and oxygen atoms in total. The number of rotatable bonds is 5. The average Bonchev–Trinajstić information content (AvgIpc) is 2.65. The molecule has 0 spiro atoms. The van der Waals surface area contributed by atoms with Crippen molar-refractivity contribution < 1.29 is 14.3 Å². The summed E-state index contributed by atoms with van der Waals surface area (Å²) in [6.45, 7) is -0.0224. The van der Waals surface area contributed by atoms with Gasteiger partial charge in [0.2, 0.25) is 5.91 Å². The molecule has 3 rings (SSSR count). The Morgan fingerprint density at radius 2 is 1.69 bits per heavy atom. The lowest BCUT2D eigenvalue weighted by Gasteiger charge is -2.14. The number of hydrogen-bond acceptors (Lipinski definition) is 3. The van der Waals surface area contributed by atoms with Crippen LogP contribution >= 0.6 is 0 Å². The highest BCUT2D eigenvalue weighted by molar-refractivity contribution is 5.99. The summed E-state index contributed by atoms with van der Waals surface area (Å²) in [5.74, 6) is 0.0547. The number of primary amides is 1. The summed E-state index contributed by atoms with van der Waals surface area (Å²) in [4.78, 5) is 24.6. The Morgan fingerprint density at radius 1 is 1.00 bits per heavy atom. The molecule has 3 aromatic rings. The van der Waals surface area contributed by atoms with Crippen molar-refractivity contribution in [2.45, 2.75) is 0 Å². The van der Waals surface area contributed by atoms with E-state index in [0.717, 1.165) is 21.9 Å². The molecular weight excluding hydrogens is 328 g/mol. The van der Waals surface area contributed by atoms with Gasteiger partial charge in [0.1, 0.15) is 5.75 Å². The maximum atomic E-state index is 11.8. The lowest BCUT2D eigenvalue weighted by atomic mass is 9.97. The lowest BCUT2D eigenvalue weighted by molar-refractivity contribution is -0.130. The van der Waals surface area contributed by atoms with Gasteiger partial charge < -0.3 is 15.4 Å². The molecule has 26 heavy (non-hydrogen) atoms. The van der Waals surface area contributed by atoms with Crippen molar-refractivity contribution in [3.8, 4) is 16.9 Å². The van der Waals surface area contributed by atoms with E-state index in [9.17, 15) is 9.59 Å². The van der Waals surface area contributed by atoms with Crippen LogP contribution in [0, 0.1) is 0 Å². The standard InChI is InChI=1S/C21H20N2O3/c1-23(2)20(24)13-26-17-11-16-5-3-4-6-18(16)19(12-17)14-7-9-15(10-8-14)21(22)25/h3-12H,13H2,1-2H3,(H2,22,25). The van der Waals surface area contributed by atoms with Gasteiger partial charge in [-0.1, -0.05) is 36.4 Å². The van der Waals surface area contributed by atoms with Gasteiger partial charge in [-0.25, -0.2) is 0 Å². The van der Waals surface area contributed by atoms with Crippen LogP contribution in [-0.2, 0) is 4.79 Å². The molecule has 0 unspecified atom stereocenters. The number of carbonyl (C=O) groups is 2. The number of hydrogen-bond donors (Lipinski definition) is 1. The number of likely N-dealkylation sites (N-methyl/N-ethyl adjacent to an activating group) is 1.